The van der Waals surface area contributed by atoms with Crippen LogP contribution in [0.3, 0.4) is 0 Å². The van der Waals surface area contributed by atoms with Gasteiger partial charge in [0.15, 0.2) is 5.82 Å². The third-order valence-electron chi connectivity index (χ3n) is 3.02. The fourth-order valence-electron chi connectivity index (χ4n) is 1.96. The molecular formula is C12H15N5S. The first-order valence-corrected chi connectivity index (χ1v) is 7.20. The van der Waals surface area contributed by atoms with Crippen LogP contribution in [0, 0.1) is 5.92 Å². The van der Waals surface area contributed by atoms with Gasteiger partial charge in [-0.05, 0) is 36.0 Å². The van der Waals surface area contributed by atoms with E-state index in [1.165, 1.54) is 24.3 Å². The average Bonchev–Trinajstić information content (AvgIpc) is 3.10. The highest BCUT2D eigenvalue weighted by molar-refractivity contribution is 7.99. The minimum Gasteiger partial charge on any atom is -0.383 e. The first-order chi connectivity index (χ1) is 8.92. The zero-order valence-electron chi connectivity index (χ0n) is 9.99. The molecule has 1 N–H and O–H groups in total. The van der Waals surface area contributed by atoms with Crippen molar-refractivity contribution < 1.29 is 0 Å². The van der Waals surface area contributed by atoms with Crippen LogP contribution in [0.1, 0.15) is 6.42 Å². The van der Waals surface area contributed by atoms with Crippen molar-refractivity contribution in [3.63, 3.8) is 0 Å². The van der Waals surface area contributed by atoms with E-state index in [0.717, 1.165) is 24.0 Å². The van der Waals surface area contributed by atoms with E-state index < -0.39 is 0 Å². The Labute approximate surface area is 110 Å². The van der Waals surface area contributed by atoms with E-state index in [1.54, 1.807) is 11.0 Å². The maximum Gasteiger partial charge on any atom is 0.155 e. The molecule has 0 bridgehead atoms. The molecule has 0 radical (unpaired) electrons. The topological polar surface area (TPSA) is 55.6 Å². The Hall–Kier alpha value is -1.56. The molecule has 0 aliphatic carbocycles. The first kappa shape index (κ1) is 11.5. The van der Waals surface area contributed by atoms with E-state index in [2.05, 4.69) is 20.4 Å². The molecule has 3 heterocycles. The van der Waals surface area contributed by atoms with Gasteiger partial charge in [0.05, 0.1) is 11.9 Å². The zero-order chi connectivity index (χ0) is 12.2. The van der Waals surface area contributed by atoms with Crippen LogP contribution in [0.5, 0.6) is 0 Å². The maximum atomic E-state index is 4.36. The number of thioether (sulfide) groups is 1. The molecule has 1 atom stereocenters. The monoisotopic (exact) mass is 261 g/mol. The molecule has 0 amide bonds. The van der Waals surface area contributed by atoms with Gasteiger partial charge in [-0.2, -0.15) is 16.9 Å². The van der Waals surface area contributed by atoms with Crippen molar-refractivity contribution in [2.24, 2.45) is 5.92 Å². The number of anilines is 1. The lowest BCUT2D eigenvalue weighted by atomic mass is 10.1. The highest BCUT2D eigenvalue weighted by Gasteiger charge is 2.14. The van der Waals surface area contributed by atoms with Crippen LogP contribution >= 0.6 is 11.8 Å². The normalized spacial score (nSPS) is 19.0. The van der Waals surface area contributed by atoms with Crippen LogP contribution < -0.4 is 5.32 Å². The van der Waals surface area contributed by atoms with Crippen molar-refractivity contribution in [3.05, 3.63) is 31.0 Å². The van der Waals surface area contributed by atoms with Crippen LogP contribution in [-0.2, 0) is 0 Å². The summed E-state index contributed by atoms with van der Waals surface area (Å²) in [6.45, 7) is 1.04. The largest absolute Gasteiger partial charge is 0.383 e. The van der Waals surface area contributed by atoms with Gasteiger partial charge in [-0.25, -0.2) is 14.6 Å². The zero-order valence-corrected chi connectivity index (χ0v) is 10.8. The molecule has 2 aromatic rings. The summed E-state index contributed by atoms with van der Waals surface area (Å²) in [4.78, 5) is 8.26. The lowest BCUT2D eigenvalue weighted by molar-refractivity contribution is 0.631. The lowest BCUT2D eigenvalue weighted by Crippen LogP contribution is -2.13. The van der Waals surface area contributed by atoms with Crippen LogP contribution in [0.25, 0.3) is 5.82 Å². The van der Waals surface area contributed by atoms with Gasteiger partial charge in [0.2, 0.25) is 0 Å². The van der Waals surface area contributed by atoms with Gasteiger partial charge in [-0.1, -0.05) is 0 Å². The molecule has 6 heteroatoms. The predicted octanol–water partition coefficient (Wildman–Crippen LogP) is 1.83. The number of rotatable bonds is 4. The maximum absolute atomic E-state index is 4.36. The van der Waals surface area contributed by atoms with Crippen LogP contribution in [0.4, 0.5) is 5.69 Å². The Balaban J connectivity index is 1.60. The Bertz CT molecular complexity index is 476. The summed E-state index contributed by atoms with van der Waals surface area (Å²) >= 11 is 2.04. The first-order valence-electron chi connectivity index (χ1n) is 6.04. The summed E-state index contributed by atoms with van der Waals surface area (Å²) in [6.07, 6.45) is 6.32. The molecule has 1 saturated heterocycles. The quantitative estimate of drug-likeness (QED) is 0.910. The van der Waals surface area contributed by atoms with Crippen molar-refractivity contribution in [1.29, 1.82) is 0 Å². The summed E-state index contributed by atoms with van der Waals surface area (Å²) < 4.78 is 1.65. The van der Waals surface area contributed by atoms with E-state index in [1.807, 2.05) is 30.1 Å². The molecule has 0 spiro atoms. The number of aromatic nitrogens is 4. The van der Waals surface area contributed by atoms with Gasteiger partial charge in [0.1, 0.15) is 12.7 Å². The van der Waals surface area contributed by atoms with Crippen molar-refractivity contribution in [2.75, 3.05) is 23.4 Å². The van der Waals surface area contributed by atoms with Crippen LogP contribution in [-0.4, -0.2) is 37.8 Å². The smallest absolute Gasteiger partial charge is 0.155 e. The number of hydrogen-bond donors (Lipinski definition) is 1. The fraction of sp³-hybridized carbons (Fsp3) is 0.417. The summed E-state index contributed by atoms with van der Waals surface area (Å²) in [7, 11) is 0. The van der Waals surface area contributed by atoms with E-state index in [0.29, 0.717) is 0 Å². The van der Waals surface area contributed by atoms with Gasteiger partial charge in [0.25, 0.3) is 0 Å². The standard InChI is InChI=1S/C12H15N5S/c1-2-12(17-9-13-8-16-17)15-6-11(1)14-5-10-3-4-18-7-10/h1-2,6,8-10,14H,3-5,7H2. The molecule has 94 valence electrons. The Morgan fingerprint density at radius 3 is 3.11 bits per heavy atom. The van der Waals surface area contributed by atoms with E-state index in [-0.39, 0.29) is 0 Å². The highest BCUT2D eigenvalue weighted by atomic mass is 32.2. The molecule has 1 fully saturated rings. The second-order valence-electron chi connectivity index (χ2n) is 4.36. The van der Waals surface area contributed by atoms with Gasteiger partial charge >= 0.3 is 0 Å². The van der Waals surface area contributed by atoms with E-state index in [4.69, 9.17) is 0 Å². The molecule has 1 unspecified atom stereocenters. The molecule has 0 aromatic carbocycles. The number of hydrogen-bond acceptors (Lipinski definition) is 5. The van der Waals surface area contributed by atoms with Crippen molar-refractivity contribution in [3.8, 4) is 5.82 Å². The number of nitrogens with one attached hydrogen (secondary N) is 1. The van der Waals surface area contributed by atoms with Gasteiger partial charge in [-0.3, -0.25) is 0 Å². The minimum atomic E-state index is 0.787. The molecule has 2 aromatic heterocycles. The fourth-order valence-corrected chi connectivity index (χ4v) is 3.24. The summed E-state index contributed by atoms with van der Waals surface area (Å²) in [5, 5.41) is 7.48. The highest BCUT2D eigenvalue weighted by Crippen LogP contribution is 2.23. The molecule has 1 aliphatic rings. The Kier molecular flexibility index (Phi) is 3.45. The minimum absolute atomic E-state index is 0.787. The number of pyridine rings is 1. The van der Waals surface area contributed by atoms with Crippen molar-refractivity contribution >= 4 is 17.4 Å². The van der Waals surface area contributed by atoms with Gasteiger partial charge < -0.3 is 5.32 Å². The third-order valence-corrected chi connectivity index (χ3v) is 4.25. The van der Waals surface area contributed by atoms with Crippen LogP contribution in [0.15, 0.2) is 31.0 Å². The molecule has 1 aliphatic heterocycles. The molecule has 0 saturated carbocycles. The predicted molar refractivity (Wildman–Crippen MR) is 73.1 cm³/mol. The second kappa shape index (κ2) is 5.39. The summed E-state index contributed by atoms with van der Waals surface area (Å²) in [6, 6.07) is 3.98. The molecular weight excluding hydrogens is 246 g/mol. The lowest BCUT2D eigenvalue weighted by Gasteiger charge is -2.11. The summed E-state index contributed by atoms with van der Waals surface area (Å²) in [5.41, 5.74) is 1.07. The summed E-state index contributed by atoms with van der Waals surface area (Å²) in [5.74, 6) is 4.16. The van der Waals surface area contributed by atoms with Gasteiger partial charge in [0, 0.05) is 6.54 Å². The molecule has 3 rings (SSSR count). The number of nitrogens with zero attached hydrogens (tertiary/aromatic N) is 4. The molecule has 18 heavy (non-hydrogen) atoms. The van der Waals surface area contributed by atoms with E-state index in [9.17, 15) is 0 Å². The third kappa shape index (κ3) is 2.64. The average molecular weight is 261 g/mol. The van der Waals surface area contributed by atoms with Gasteiger partial charge in [-0.15, -0.1) is 0 Å². The van der Waals surface area contributed by atoms with Crippen LogP contribution in [0.2, 0.25) is 0 Å². The van der Waals surface area contributed by atoms with Crippen molar-refractivity contribution in [2.45, 2.75) is 6.42 Å². The Morgan fingerprint density at radius 1 is 1.44 bits per heavy atom. The second-order valence-corrected chi connectivity index (χ2v) is 5.51. The van der Waals surface area contributed by atoms with E-state index >= 15 is 0 Å². The van der Waals surface area contributed by atoms with Crippen molar-refractivity contribution in [1.82, 2.24) is 19.7 Å². The SMILES string of the molecule is c1ncn(-c2ccc(NCC3CCSC3)cn2)n1. The molecule has 5 nitrogen and oxygen atoms in total. The Morgan fingerprint density at radius 2 is 2.44 bits per heavy atom.